The molecule has 0 aliphatic heterocycles. The molecule has 1 aliphatic rings. The Bertz CT molecular complexity index is 1130. The summed E-state index contributed by atoms with van der Waals surface area (Å²) in [7, 11) is 0. The lowest BCUT2D eigenvalue weighted by atomic mass is 10.0. The number of carbonyl (C=O) groups excluding carboxylic acids is 2. The molecule has 1 saturated carbocycles. The second-order valence-corrected chi connectivity index (χ2v) is 9.96. The van der Waals surface area contributed by atoms with Crippen LogP contribution in [0.15, 0.2) is 78.9 Å². The van der Waals surface area contributed by atoms with Gasteiger partial charge in [-0.1, -0.05) is 78.5 Å². The van der Waals surface area contributed by atoms with Crippen LogP contribution in [0.25, 0.3) is 0 Å². The second-order valence-electron chi connectivity index (χ2n) is 9.09. The van der Waals surface area contributed by atoms with Crippen molar-refractivity contribution in [1.82, 2.24) is 10.2 Å². The summed E-state index contributed by atoms with van der Waals surface area (Å²) in [5.74, 6) is 0.121. The maximum absolute atomic E-state index is 13.6. The minimum Gasteiger partial charge on any atom is -0.484 e. The minimum absolute atomic E-state index is 0.139. The average Bonchev–Trinajstić information content (AvgIpc) is 3.40. The van der Waals surface area contributed by atoms with Gasteiger partial charge in [0.1, 0.15) is 11.8 Å². The van der Waals surface area contributed by atoms with Crippen molar-refractivity contribution in [2.24, 2.45) is 0 Å². The van der Waals surface area contributed by atoms with Crippen molar-refractivity contribution in [3.63, 3.8) is 0 Å². The molecule has 0 saturated heterocycles. The van der Waals surface area contributed by atoms with Gasteiger partial charge in [0.25, 0.3) is 5.91 Å². The van der Waals surface area contributed by atoms with Crippen LogP contribution in [0, 0.1) is 0 Å². The van der Waals surface area contributed by atoms with Crippen LogP contribution >= 0.6 is 23.2 Å². The summed E-state index contributed by atoms with van der Waals surface area (Å²) in [5.41, 5.74) is 1.86. The van der Waals surface area contributed by atoms with Crippen LogP contribution in [0.3, 0.4) is 0 Å². The number of nitrogens with one attached hydrogen (secondary N) is 1. The maximum Gasteiger partial charge on any atom is 0.261 e. The summed E-state index contributed by atoms with van der Waals surface area (Å²) in [6.07, 6.45) is 4.55. The summed E-state index contributed by atoms with van der Waals surface area (Å²) in [6, 6.07) is 23.4. The van der Waals surface area contributed by atoms with E-state index in [4.69, 9.17) is 27.9 Å². The predicted molar refractivity (Wildman–Crippen MR) is 143 cm³/mol. The molecule has 1 atom stereocenters. The Balaban J connectivity index is 1.59. The maximum atomic E-state index is 13.6. The van der Waals surface area contributed by atoms with Crippen LogP contribution in [-0.4, -0.2) is 35.4 Å². The van der Waals surface area contributed by atoms with Gasteiger partial charge in [-0.2, -0.15) is 0 Å². The van der Waals surface area contributed by atoms with E-state index in [9.17, 15) is 9.59 Å². The monoisotopic (exact) mass is 524 g/mol. The molecule has 3 aromatic carbocycles. The number of rotatable bonds is 10. The topological polar surface area (TPSA) is 58.6 Å². The van der Waals surface area contributed by atoms with E-state index in [0.29, 0.717) is 22.2 Å². The molecule has 4 rings (SSSR count). The summed E-state index contributed by atoms with van der Waals surface area (Å²) >= 11 is 12.0. The number of amides is 2. The van der Waals surface area contributed by atoms with Crippen molar-refractivity contribution in [2.75, 3.05) is 6.61 Å². The zero-order valence-corrected chi connectivity index (χ0v) is 21.5. The normalized spacial score (nSPS) is 14.3. The zero-order valence-electron chi connectivity index (χ0n) is 20.0. The van der Waals surface area contributed by atoms with Crippen molar-refractivity contribution >= 4 is 35.0 Å². The number of halogens is 2. The average molecular weight is 525 g/mol. The minimum atomic E-state index is -0.690. The molecule has 188 valence electrons. The highest BCUT2D eigenvalue weighted by Crippen LogP contribution is 2.21. The van der Waals surface area contributed by atoms with Gasteiger partial charge in [0.2, 0.25) is 5.91 Å². The lowest BCUT2D eigenvalue weighted by Gasteiger charge is -2.32. The number of carbonyl (C=O) groups is 2. The van der Waals surface area contributed by atoms with Gasteiger partial charge >= 0.3 is 0 Å². The molecule has 0 aromatic heterocycles. The van der Waals surface area contributed by atoms with Gasteiger partial charge in [0.05, 0.1) is 0 Å². The Morgan fingerprint density at radius 3 is 2.11 bits per heavy atom. The Morgan fingerprint density at radius 1 is 0.861 bits per heavy atom. The first kappa shape index (κ1) is 26.1. The Morgan fingerprint density at radius 2 is 1.47 bits per heavy atom. The highest BCUT2D eigenvalue weighted by Gasteiger charge is 2.32. The molecule has 0 bridgehead atoms. The molecular formula is C29H30Cl2N2O3. The van der Waals surface area contributed by atoms with Crippen LogP contribution in [0.1, 0.15) is 36.8 Å². The van der Waals surface area contributed by atoms with Crippen LogP contribution in [-0.2, 0) is 22.6 Å². The van der Waals surface area contributed by atoms with E-state index in [2.05, 4.69) is 5.32 Å². The Kier molecular flexibility index (Phi) is 9.26. The zero-order chi connectivity index (χ0) is 25.3. The molecule has 1 unspecified atom stereocenters. The van der Waals surface area contributed by atoms with Gasteiger partial charge in [0, 0.05) is 29.1 Å². The van der Waals surface area contributed by atoms with Gasteiger partial charge in [-0.15, -0.1) is 0 Å². The van der Waals surface area contributed by atoms with Crippen molar-refractivity contribution in [3.8, 4) is 5.75 Å². The molecule has 0 radical (unpaired) electrons. The van der Waals surface area contributed by atoms with Gasteiger partial charge in [-0.25, -0.2) is 0 Å². The van der Waals surface area contributed by atoms with Crippen molar-refractivity contribution in [1.29, 1.82) is 0 Å². The molecule has 1 aliphatic carbocycles. The molecule has 36 heavy (non-hydrogen) atoms. The van der Waals surface area contributed by atoms with Gasteiger partial charge in [-0.05, 0) is 60.4 Å². The third-order valence-electron chi connectivity index (χ3n) is 6.41. The number of nitrogens with zero attached hydrogens (tertiary/aromatic N) is 1. The quantitative estimate of drug-likeness (QED) is 0.350. The third-order valence-corrected chi connectivity index (χ3v) is 6.92. The number of benzene rings is 3. The fourth-order valence-electron chi connectivity index (χ4n) is 4.47. The summed E-state index contributed by atoms with van der Waals surface area (Å²) in [5, 5.41) is 4.40. The van der Waals surface area contributed by atoms with E-state index in [-0.39, 0.29) is 31.0 Å². The molecular weight excluding hydrogens is 495 g/mol. The second kappa shape index (κ2) is 12.8. The van der Waals surface area contributed by atoms with Crippen molar-refractivity contribution in [2.45, 2.75) is 50.7 Å². The van der Waals surface area contributed by atoms with Crippen molar-refractivity contribution < 1.29 is 14.3 Å². The largest absolute Gasteiger partial charge is 0.484 e. The van der Waals surface area contributed by atoms with Gasteiger partial charge in [0.15, 0.2) is 6.61 Å². The van der Waals surface area contributed by atoms with E-state index >= 15 is 0 Å². The molecule has 0 heterocycles. The first-order chi connectivity index (χ1) is 17.5. The Labute approximate surface area is 222 Å². The van der Waals surface area contributed by atoms with Crippen LogP contribution in [0.4, 0.5) is 0 Å². The number of hydrogen-bond donors (Lipinski definition) is 1. The molecule has 0 spiro atoms. The highest BCUT2D eigenvalue weighted by molar-refractivity contribution is 6.30. The Hall–Kier alpha value is -3.02. The van der Waals surface area contributed by atoms with E-state index in [1.807, 2.05) is 42.5 Å². The number of hydrogen-bond acceptors (Lipinski definition) is 3. The number of ether oxygens (including phenoxy) is 1. The van der Waals surface area contributed by atoms with Gasteiger partial charge in [-0.3, -0.25) is 9.59 Å². The fraction of sp³-hybridized carbons (Fsp3) is 0.310. The van der Waals surface area contributed by atoms with Gasteiger partial charge < -0.3 is 15.0 Å². The van der Waals surface area contributed by atoms with E-state index < -0.39 is 6.04 Å². The highest BCUT2D eigenvalue weighted by atomic mass is 35.5. The summed E-state index contributed by atoms with van der Waals surface area (Å²) in [6.45, 7) is 0.0623. The summed E-state index contributed by atoms with van der Waals surface area (Å²) in [4.78, 5) is 28.8. The SMILES string of the molecule is O=C(NC1CCCC1)C(Cc1ccccc1)N(Cc1ccc(Cl)cc1)C(=O)COc1ccc(Cl)cc1. The van der Waals surface area contributed by atoms with Crippen LogP contribution in [0.2, 0.25) is 10.0 Å². The molecule has 1 N–H and O–H groups in total. The predicted octanol–water partition coefficient (Wildman–Crippen LogP) is 6.07. The van der Waals surface area contributed by atoms with E-state index in [0.717, 1.165) is 36.8 Å². The standard InChI is InChI=1S/C29H30Cl2N2O3/c30-23-12-10-22(11-13-23)19-33(28(34)20-36-26-16-14-24(31)15-17-26)27(18-21-6-2-1-3-7-21)29(35)32-25-8-4-5-9-25/h1-3,6-7,10-17,25,27H,4-5,8-9,18-20H2,(H,32,35). The first-order valence-corrected chi connectivity index (χ1v) is 13.0. The lowest BCUT2D eigenvalue weighted by Crippen LogP contribution is -2.53. The van der Waals surface area contributed by atoms with Crippen LogP contribution in [0.5, 0.6) is 5.75 Å². The molecule has 7 heteroatoms. The van der Waals surface area contributed by atoms with Crippen LogP contribution < -0.4 is 10.1 Å². The smallest absolute Gasteiger partial charge is 0.261 e. The molecule has 5 nitrogen and oxygen atoms in total. The van der Waals surface area contributed by atoms with E-state index in [1.54, 1.807) is 41.3 Å². The molecule has 1 fully saturated rings. The van der Waals surface area contributed by atoms with E-state index in [1.165, 1.54) is 0 Å². The molecule has 3 aromatic rings. The fourth-order valence-corrected chi connectivity index (χ4v) is 4.72. The third kappa shape index (κ3) is 7.49. The first-order valence-electron chi connectivity index (χ1n) is 12.2. The molecule has 2 amide bonds. The summed E-state index contributed by atoms with van der Waals surface area (Å²) < 4.78 is 5.77. The van der Waals surface area contributed by atoms with Crippen molar-refractivity contribution in [3.05, 3.63) is 100 Å². The lowest BCUT2D eigenvalue weighted by molar-refractivity contribution is -0.143.